The third-order valence-corrected chi connectivity index (χ3v) is 6.89. The fraction of sp³-hybridized carbons (Fsp3) is 0.947. The number of aldehydes is 1. The molecule has 0 amide bonds. The molecule has 21 heavy (non-hydrogen) atoms. The van der Waals surface area contributed by atoms with Gasteiger partial charge in [-0.15, -0.1) is 0 Å². The average Bonchev–Trinajstić information content (AvgIpc) is 2.53. The van der Waals surface area contributed by atoms with Gasteiger partial charge in [0.05, 0.1) is 0 Å². The smallest absolute Gasteiger partial charge is 0.127 e. The zero-order valence-corrected chi connectivity index (χ0v) is 13.9. The lowest BCUT2D eigenvalue weighted by atomic mass is 9.67. The van der Waals surface area contributed by atoms with Crippen LogP contribution in [0, 0.1) is 16.7 Å². The van der Waals surface area contributed by atoms with E-state index in [1.165, 1.54) is 77.2 Å². The van der Waals surface area contributed by atoms with Gasteiger partial charge in [0.1, 0.15) is 6.29 Å². The van der Waals surface area contributed by atoms with Gasteiger partial charge in [-0.25, -0.2) is 0 Å². The van der Waals surface area contributed by atoms with E-state index in [9.17, 15) is 4.79 Å². The SMILES string of the molecule is CC1CCC(C=O)(CN2CCC3(CCCCC3)CC2)CC1. The maximum absolute atomic E-state index is 11.7. The minimum atomic E-state index is -0.0103. The summed E-state index contributed by atoms with van der Waals surface area (Å²) >= 11 is 0. The molecule has 0 atom stereocenters. The molecular weight excluding hydrogens is 258 g/mol. The minimum absolute atomic E-state index is 0.0103. The standard InChI is InChI=1S/C19H33NO/c1-17-5-9-19(16-21,10-6-17)15-20-13-11-18(12-14-20)7-3-2-4-8-18/h16-17H,2-15H2,1H3. The van der Waals surface area contributed by atoms with Crippen LogP contribution in [-0.4, -0.2) is 30.8 Å². The molecule has 120 valence electrons. The van der Waals surface area contributed by atoms with Crippen LogP contribution in [-0.2, 0) is 4.79 Å². The lowest BCUT2D eigenvalue weighted by Crippen LogP contribution is -2.47. The second-order valence-electron chi connectivity index (χ2n) is 8.50. The maximum Gasteiger partial charge on any atom is 0.127 e. The third kappa shape index (κ3) is 3.52. The Labute approximate surface area is 130 Å². The van der Waals surface area contributed by atoms with E-state index in [0.29, 0.717) is 5.41 Å². The number of nitrogens with zero attached hydrogens (tertiary/aromatic N) is 1. The number of carbonyl (C=O) groups is 1. The lowest BCUT2D eigenvalue weighted by Gasteiger charge is -2.47. The van der Waals surface area contributed by atoms with Crippen molar-refractivity contribution in [3.05, 3.63) is 0 Å². The van der Waals surface area contributed by atoms with Crippen LogP contribution in [0.5, 0.6) is 0 Å². The molecule has 1 saturated heterocycles. The second kappa shape index (κ2) is 6.40. The molecule has 0 N–H and O–H groups in total. The van der Waals surface area contributed by atoms with Gasteiger partial charge in [0.2, 0.25) is 0 Å². The maximum atomic E-state index is 11.7. The molecule has 2 heteroatoms. The molecule has 0 radical (unpaired) electrons. The van der Waals surface area contributed by atoms with Crippen LogP contribution in [0.2, 0.25) is 0 Å². The summed E-state index contributed by atoms with van der Waals surface area (Å²) in [5.41, 5.74) is 0.674. The van der Waals surface area contributed by atoms with Crippen molar-refractivity contribution in [2.75, 3.05) is 19.6 Å². The molecule has 0 aromatic heterocycles. The molecule has 2 nitrogen and oxygen atoms in total. The van der Waals surface area contributed by atoms with Crippen molar-refractivity contribution >= 4 is 6.29 Å². The fourth-order valence-electron chi connectivity index (χ4n) is 5.08. The Bertz CT molecular complexity index is 341. The Hall–Kier alpha value is -0.370. The largest absolute Gasteiger partial charge is 0.303 e. The molecule has 1 heterocycles. The van der Waals surface area contributed by atoms with Crippen molar-refractivity contribution in [1.29, 1.82) is 0 Å². The first-order valence-corrected chi connectivity index (χ1v) is 9.34. The molecule has 0 unspecified atom stereocenters. The van der Waals surface area contributed by atoms with E-state index < -0.39 is 0 Å². The number of hydrogen-bond donors (Lipinski definition) is 0. The van der Waals surface area contributed by atoms with E-state index in [2.05, 4.69) is 11.8 Å². The van der Waals surface area contributed by atoms with Gasteiger partial charge in [0.15, 0.2) is 0 Å². The summed E-state index contributed by atoms with van der Waals surface area (Å²) in [6.07, 6.45) is 16.1. The molecule has 1 aliphatic heterocycles. The van der Waals surface area contributed by atoms with E-state index in [0.717, 1.165) is 25.3 Å². The highest BCUT2D eigenvalue weighted by Gasteiger charge is 2.39. The van der Waals surface area contributed by atoms with Gasteiger partial charge in [0.25, 0.3) is 0 Å². The topological polar surface area (TPSA) is 20.3 Å². The van der Waals surface area contributed by atoms with Crippen LogP contribution >= 0.6 is 0 Å². The Morgan fingerprint density at radius 2 is 1.57 bits per heavy atom. The summed E-state index contributed by atoms with van der Waals surface area (Å²) in [5.74, 6) is 0.824. The molecule has 2 aliphatic carbocycles. The molecule has 3 aliphatic rings. The second-order valence-corrected chi connectivity index (χ2v) is 8.50. The zero-order valence-electron chi connectivity index (χ0n) is 13.9. The summed E-state index contributed by atoms with van der Waals surface area (Å²) in [4.78, 5) is 14.3. The third-order valence-electron chi connectivity index (χ3n) is 6.89. The Morgan fingerprint density at radius 1 is 0.952 bits per heavy atom. The molecule has 3 fully saturated rings. The molecule has 3 rings (SSSR count). The average molecular weight is 291 g/mol. The molecule has 0 aromatic rings. The molecule has 1 spiro atoms. The predicted octanol–water partition coefficient (Wildman–Crippen LogP) is 4.43. The Kier molecular flexibility index (Phi) is 4.73. The zero-order chi connectivity index (χ0) is 14.8. The van der Waals surface area contributed by atoms with E-state index in [4.69, 9.17) is 0 Å². The summed E-state index contributed by atoms with van der Waals surface area (Å²) in [5, 5.41) is 0. The van der Waals surface area contributed by atoms with Crippen LogP contribution < -0.4 is 0 Å². The van der Waals surface area contributed by atoms with Crippen molar-refractivity contribution in [2.45, 2.75) is 77.6 Å². The van der Waals surface area contributed by atoms with E-state index >= 15 is 0 Å². The van der Waals surface area contributed by atoms with Gasteiger partial charge in [-0.2, -0.15) is 0 Å². The van der Waals surface area contributed by atoms with Gasteiger partial charge in [-0.3, -0.25) is 0 Å². The van der Waals surface area contributed by atoms with Crippen molar-refractivity contribution in [1.82, 2.24) is 4.90 Å². The van der Waals surface area contributed by atoms with E-state index in [-0.39, 0.29) is 5.41 Å². The number of rotatable bonds is 3. The first kappa shape index (κ1) is 15.5. The van der Waals surface area contributed by atoms with Gasteiger partial charge in [0, 0.05) is 12.0 Å². The number of carbonyl (C=O) groups excluding carboxylic acids is 1. The summed E-state index contributed by atoms with van der Waals surface area (Å²) in [6.45, 7) is 5.86. The Morgan fingerprint density at radius 3 is 2.14 bits per heavy atom. The van der Waals surface area contributed by atoms with Gasteiger partial charge < -0.3 is 9.69 Å². The number of piperidine rings is 1. The van der Waals surface area contributed by atoms with Crippen molar-refractivity contribution in [3.63, 3.8) is 0 Å². The van der Waals surface area contributed by atoms with Crippen LogP contribution in [0.25, 0.3) is 0 Å². The van der Waals surface area contributed by atoms with E-state index in [1.54, 1.807) is 0 Å². The normalized spacial score (nSPS) is 37.5. The highest BCUT2D eigenvalue weighted by atomic mass is 16.1. The first-order chi connectivity index (χ1) is 10.2. The summed E-state index contributed by atoms with van der Waals surface area (Å²) in [6, 6.07) is 0. The molecule has 2 saturated carbocycles. The quantitative estimate of drug-likeness (QED) is 0.717. The summed E-state index contributed by atoms with van der Waals surface area (Å²) in [7, 11) is 0. The number of hydrogen-bond acceptors (Lipinski definition) is 2. The predicted molar refractivity (Wildman–Crippen MR) is 87.3 cm³/mol. The fourth-order valence-corrected chi connectivity index (χ4v) is 5.08. The van der Waals surface area contributed by atoms with Crippen LogP contribution in [0.15, 0.2) is 0 Å². The highest BCUT2D eigenvalue weighted by Crippen LogP contribution is 2.45. The minimum Gasteiger partial charge on any atom is -0.303 e. The van der Waals surface area contributed by atoms with Crippen LogP contribution in [0.4, 0.5) is 0 Å². The van der Waals surface area contributed by atoms with Gasteiger partial charge >= 0.3 is 0 Å². The van der Waals surface area contributed by atoms with E-state index in [1.807, 2.05) is 0 Å². The van der Waals surface area contributed by atoms with Crippen molar-refractivity contribution < 1.29 is 4.79 Å². The monoisotopic (exact) mass is 291 g/mol. The van der Waals surface area contributed by atoms with Crippen LogP contribution in [0.3, 0.4) is 0 Å². The number of likely N-dealkylation sites (tertiary alicyclic amines) is 1. The molecule has 0 bridgehead atoms. The Balaban J connectivity index is 1.53. The van der Waals surface area contributed by atoms with Crippen molar-refractivity contribution in [3.8, 4) is 0 Å². The van der Waals surface area contributed by atoms with Gasteiger partial charge in [-0.1, -0.05) is 26.2 Å². The highest BCUT2D eigenvalue weighted by molar-refractivity contribution is 5.60. The lowest BCUT2D eigenvalue weighted by molar-refractivity contribution is -0.120. The molecule has 0 aromatic carbocycles. The van der Waals surface area contributed by atoms with Gasteiger partial charge in [-0.05, 0) is 75.8 Å². The van der Waals surface area contributed by atoms with Crippen LogP contribution in [0.1, 0.15) is 77.6 Å². The van der Waals surface area contributed by atoms with Crippen molar-refractivity contribution in [2.24, 2.45) is 16.7 Å². The summed E-state index contributed by atoms with van der Waals surface area (Å²) < 4.78 is 0. The molecular formula is C19H33NO. The first-order valence-electron chi connectivity index (χ1n) is 9.34.